The van der Waals surface area contributed by atoms with Crippen molar-refractivity contribution in [2.75, 3.05) is 33.2 Å². The van der Waals surface area contributed by atoms with E-state index in [0.29, 0.717) is 6.54 Å². The van der Waals surface area contributed by atoms with Gasteiger partial charge in [0.15, 0.2) is 0 Å². The molecule has 2 heterocycles. The highest BCUT2D eigenvalue weighted by Crippen LogP contribution is 2.22. The van der Waals surface area contributed by atoms with Crippen molar-refractivity contribution in [3.05, 3.63) is 23.7 Å². The maximum Gasteiger partial charge on any atom is 0.118 e. The van der Waals surface area contributed by atoms with E-state index in [1.807, 2.05) is 26.1 Å². The Balaban J connectivity index is 1.88. The van der Waals surface area contributed by atoms with Gasteiger partial charge in [-0.3, -0.25) is 4.90 Å². The first-order chi connectivity index (χ1) is 9.00. The first kappa shape index (κ1) is 14.6. The minimum Gasteiger partial charge on any atom is -0.465 e. The zero-order chi connectivity index (χ0) is 13.9. The van der Waals surface area contributed by atoms with Crippen molar-refractivity contribution in [2.24, 2.45) is 0 Å². The van der Waals surface area contributed by atoms with Gasteiger partial charge in [0.05, 0.1) is 12.1 Å². The number of furan rings is 1. The molecule has 1 fully saturated rings. The molecule has 0 aliphatic carbocycles. The van der Waals surface area contributed by atoms with Crippen LogP contribution < -0.4 is 0 Å². The Morgan fingerprint density at radius 2 is 2.26 bits per heavy atom. The van der Waals surface area contributed by atoms with Gasteiger partial charge in [-0.15, -0.1) is 0 Å². The van der Waals surface area contributed by atoms with E-state index in [9.17, 15) is 5.11 Å². The van der Waals surface area contributed by atoms with E-state index in [4.69, 9.17) is 4.42 Å². The van der Waals surface area contributed by atoms with Gasteiger partial charge < -0.3 is 14.4 Å². The Labute approximate surface area is 116 Å². The highest BCUT2D eigenvalue weighted by atomic mass is 16.3. The van der Waals surface area contributed by atoms with Gasteiger partial charge in [-0.1, -0.05) is 6.92 Å². The molecular formula is C15H26N2O2. The Kier molecular flexibility index (Phi) is 4.66. The second-order valence-corrected chi connectivity index (χ2v) is 5.88. The molecule has 1 atom stereocenters. The van der Waals surface area contributed by atoms with Crippen LogP contribution in [0.15, 0.2) is 16.5 Å². The Hall–Kier alpha value is -0.840. The number of piperidine rings is 1. The molecule has 0 amide bonds. The summed E-state index contributed by atoms with van der Waals surface area (Å²) in [4.78, 5) is 4.48. The molecule has 1 saturated heterocycles. The molecule has 1 aromatic rings. The molecule has 4 heteroatoms. The van der Waals surface area contributed by atoms with E-state index in [2.05, 4.69) is 16.7 Å². The van der Waals surface area contributed by atoms with Gasteiger partial charge in [-0.2, -0.15) is 0 Å². The number of rotatable bonds is 5. The van der Waals surface area contributed by atoms with E-state index < -0.39 is 5.60 Å². The van der Waals surface area contributed by atoms with Gasteiger partial charge in [0.1, 0.15) is 11.5 Å². The van der Waals surface area contributed by atoms with Crippen molar-refractivity contribution in [2.45, 2.75) is 38.8 Å². The van der Waals surface area contributed by atoms with Crippen molar-refractivity contribution >= 4 is 0 Å². The normalized spacial score (nSPS) is 25.1. The molecule has 19 heavy (non-hydrogen) atoms. The standard InChI is InChI=1S/C15H26N2O2/c1-4-17-9-5-8-15(18,12-17)11-16(3)10-14-7-6-13(2)19-14/h6-7,18H,4-5,8-12H2,1-3H3/t15-/m0/s1. The maximum atomic E-state index is 10.7. The number of nitrogens with zero attached hydrogens (tertiary/aromatic N) is 2. The highest BCUT2D eigenvalue weighted by molar-refractivity contribution is 5.05. The van der Waals surface area contributed by atoms with Crippen LogP contribution in [0.25, 0.3) is 0 Å². The Bertz CT molecular complexity index is 405. The number of β-amino-alcohol motifs (C(OH)–C–C–N with tert-alkyl or cyclic N) is 1. The Morgan fingerprint density at radius 3 is 2.89 bits per heavy atom. The van der Waals surface area contributed by atoms with Gasteiger partial charge in [0, 0.05) is 13.1 Å². The smallest absolute Gasteiger partial charge is 0.118 e. The zero-order valence-corrected chi connectivity index (χ0v) is 12.4. The largest absolute Gasteiger partial charge is 0.465 e. The van der Waals surface area contributed by atoms with Gasteiger partial charge in [-0.05, 0) is 52.0 Å². The summed E-state index contributed by atoms with van der Waals surface area (Å²) in [5, 5.41) is 10.7. The molecule has 108 valence electrons. The maximum absolute atomic E-state index is 10.7. The van der Waals surface area contributed by atoms with E-state index >= 15 is 0 Å². The molecule has 0 saturated carbocycles. The van der Waals surface area contributed by atoms with Crippen LogP contribution in [0, 0.1) is 6.92 Å². The van der Waals surface area contributed by atoms with Crippen LogP contribution in [-0.4, -0.2) is 53.7 Å². The van der Waals surface area contributed by atoms with Crippen molar-refractivity contribution in [1.29, 1.82) is 0 Å². The summed E-state index contributed by atoms with van der Waals surface area (Å²) in [6.07, 6.45) is 1.98. The monoisotopic (exact) mass is 266 g/mol. The molecule has 1 aliphatic rings. The predicted molar refractivity (Wildman–Crippen MR) is 76.1 cm³/mol. The average Bonchev–Trinajstić information content (AvgIpc) is 2.73. The number of hydrogen-bond donors (Lipinski definition) is 1. The quantitative estimate of drug-likeness (QED) is 0.883. The Morgan fingerprint density at radius 1 is 1.47 bits per heavy atom. The molecule has 1 aliphatic heterocycles. The number of likely N-dealkylation sites (tertiary alicyclic amines) is 1. The molecule has 1 N–H and O–H groups in total. The second-order valence-electron chi connectivity index (χ2n) is 5.88. The number of hydrogen-bond acceptors (Lipinski definition) is 4. The van der Waals surface area contributed by atoms with Crippen LogP contribution in [0.2, 0.25) is 0 Å². The highest BCUT2D eigenvalue weighted by Gasteiger charge is 2.33. The van der Waals surface area contributed by atoms with Crippen LogP contribution in [0.4, 0.5) is 0 Å². The summed E-state index contributed by atoms with van der Waals surface area (Å²) in [6, 6.07) is 3.99. The van der Waals surface area contributed by atoms with Crippen LogP contribution in [0.5, 0.6) is 0 Å². The van der Waals surface area contributed by atoms with Crippen LogP contribution >= 0.6 is 0 Å². The predicted octanol–water partition coefficient (Wildman–Crippen LogP) is 1.87. The van der Waals surface area contributed by atoms with Crippen LogP contribution in [0.1, 0.15) is 31.3 Å². The summed E-state index contributed by atoms with van der Waals surface area (Å²) in [7, 11) is 2.04. The first-order valence-electron chi connectivity index (χ1n) is 7.19. The summed E-state index contributed by atoms with van der Waals surface area (Å²) in [5.41, 5.74) is -0.579. The van der Waals surface area contributed by atoms with E-state index in [-0.39, 0.29) is 0 Å². The SMILES string of the molecule is CCN1CCC[C@](O)(CN(C)Cc2ccc(C)o2)C1. The molecule has 1 aromatic heterocycles. The number of likely N-dealkylation sites (N-methyl/N-ethyl adjacent to an activating group) is 2. The fourth-order valence-corrected chi connectivity index (χ4v) is 3.00. The molecule has 0 unspecified atom stereocenters. The molecule has 0 bridgehead atoms. The van der Waals surface area contributed by atoms with Crippen LogP contribution in [0.3, 0.4) is 0 Å². The fourth-order valence-electron chi connectivity index (χ4n) is 3.00. The van der Waals surface area contributed by atoms with Gasteiger partial charge in [0.2, 0.25) is 0 Å². The average molecular weight is 266 g/mol. The van der Waals surface area contributed by atoms with Crippen LogP contribution in [-0.2, 0) is 6.54 Å². The third kappa shape index (κ3) is 4.06. The van der Waals surface area contributed by atoms with Gasteiger partial charge in [-0.25, -0.2) is 0 Å². The van der Waals surface area contributed by atoms with Crippen molar-refractivity contribution in [1.82, 2.24) is 9.80 Å². The lowest BCUT2D eigenvalue weighted by Gasteiger charge is -2.40. The summed E-state index contributed by atoms with van der Waals surface area (Å²) >= 11 is 0. The third-order valence-corrected chi connectivity index (χ3v) is 3.87. The third-order valence-electron chi connectivity index (χ3n) is 3.87. The van der Waals surface area contributed by atoms with E-state index in [0.717, 1.165) is 50.5 Å². The van der Waals surface area contributed by atoms with Crippen molar-refractivity contribution in [3.8, 4) is 0 Å². The summed E-state index contributed by atoms with van der Waals surface area (Å²) in [6.45, 7) is 8.47. The van der Waals surface area contributed by atoms with E-state index in [1.165, 1.54) is 0 Å². The zero-order valence-electron chi connectivity index (χ0n) is 12.4. The fraction of sp³-hybridized carbons (Fsp3) is 0.733. The van der Waals surface area contributed by atoms with Crippen molar-refractivity contribution < 1.29 is 9.52 Å². The lowest BCUT2D eigenvalue weighted by Crippen LogP contribution is -2.53. The topological polar surface area (TPSA) is 39.9 Å². The minimum atomic E-state index is -0.579. The lowest BCUT2D eigenvalue weighted by molar-refractivity contribution is -0.0499. The molecule has 4 nitrogen and oxygen atoms in total. The van der Waals surface area contributed by atoms with E-state index in [1.54, 1.807) is 0 Å². The first-order valence-corrected chi connectivity index (χ1v) is 7.19. The molecule has 2 rings (SSSR count). The molecule has 0 radical (unpaired) electrons. The minimum absolute atomic E-state index is 0.579. The summed E-state index contributed by atoms with van der Waals surface area (Å²) in [5.74, 6) is 1.91. The van der Waals surface area contributed by atoms with Gasteiger partial charge in [0.25, 0.3) is 0 Å². The molecular weight excluding hydrogens is 240 g/mol. The number of aryl methyl sites for hydroxylation is 1. The van der Waals surface area contributed by atoms with Gasteiger partial charge >= 0.3 is 0 Å². The summed E-state index contributed by atoms with van der Waals surface area (Å²) < 4.78 is 5.58. The molecule has 0 aromatic carbocycles. The van der Waals surface area contributed by atoms with Crippen molar-refractivity contribution in [3.63, 3.8) is 0 Å². The number of aliphatic hydroxyl groups is 1. The second kappa shape index (κ2) is 6.07. The molecule has 0 spiro atoms. The lowest BCUT2D eigenvalue weighted by atomic mass is 9.92.